The van der Waals surface area contributed by atoms with Crippen LogP contribution in [0.25, 0.3) is 0 Å². The van der Waals surface area contributed by atoms with E-state index in [0.29, 0.717) is 59.8 Å². The van der Waals surface area contributed by atoms with Crippen LogP contribution in [0.15, 0.2) is 35.3 Å². The van der Waals surface area contributed by atoms with Gasteiger partial charge in [-0.2, -0.15) is 10.3 Å². The first-order valence-corrected chi connectivity index (χ1v) is 13.1. The van der Waals surface area contributed by atoms with Crippen molar-refractivity contribution in [3.63, 3.8) is 0 Å². The van der Waals surface area contributed by atoms with Gasteiger partial charge in [0.25, 0.3) is 11.8 Å². The van der Waals surface area contributed by atoms with E-state index in [1.54, 1.807) is 12.1 Å². The Kier molecular flexibility index (Phi) is 6.99. The zero-order valence-electron chi connectivity index (χ0n) is 19.8. The number of thiophene rings is 1. The standard InChI is InChI=1S/C25H26ClN5O4S/c1-15-12-16(2-4-18(15)31-9-11-34-10-8-22(31)28-14-27)29-24(33)25(13-17-3-6-20(25)35-17)30-23(32)19-5-7-21(26)36-19/h2,4-5,7,12,17,20H,3,6,8-11,13H2,1H3,(H,29,33)(H,30,32)/b28-22-. The second kappa shape index (κ2) is 10.2. The number of amides is 2. The van der Waals surface area contributed by atoms with Gasteiger partial charge >= 0.3 is 0 Å². The number of nitriles is 1. The Morgan fingerprint density at radius 1 is 1.28 bits per heavy atom. The number of hydrogen-bond donors (Lipinski definition) is 2. The van der Waals surface area contributed by atoms with Gasteiger partial charge in [0.15, 0.2) is 0 Å². The second-order valence-corrected chi connectivity index (χ2v) is 10.9. The lowest BCUT2D eigenvalue weighted by molar-refractivity contribution is -0.124. The van der Waals surface area contributed by atoms with Crippen LogP contribution in [0.3, 0.4) is 0 Å². The number of aryl methyl sites for hydroxylation is 1. The zero-order chi connectivity index (χ0) is 25.3. The number of benzene rings is 1. The Hall–Kier alpha value is -2.97. The summed E-state index contributed by atoms with van der Waals surface area (Å²) < 4.78 is 12.1. The van der Waals surface area contributed by atoms with E-state index >= 15 is 0 Å². The SMILES string of the molecule is Cc1cc(NC(=O)C2(NC(=O)c3ccc(Cl)s3)CC3CCC2O3)ccc1N1CCOCC/C1=N/C#N. The molecule has 11 heteroatoms. The third-order valence-electron chi connectivity index (χ3n) is 6.91. The average Bonchev–Trinajstić information content (AvgIpc) is 3.54. The van der Waals surface area contributed by atoms with E-state index in [9.17, 15) is 9.59 Å². The zero-order valence-corrected chi connectivity index (χ0v) is 21.3. The highest BCUT2D eigenvalue weighted by molar-refractivity contribution is 7.18. The molecule has 3 aliphatic rings. The fourth-order valence-electron chi connectivity index (χ4n) is 5.23. The van der Waals surface area contributed by atoms with Crippen molar-refractivity contribution in [2.75, 3.05) is 30.0 Å². The van der Waals surface area contributed by atoms with Gasteiger partial charge in [-0.25, -0.2) is 0 Å². The summed E-state index contributed by atoms with van der Waals surface area (Å²) in [5, 5.41) is 15.1. The minimum absolute atomic E-state index is 0.0554. The van der Waals surface area contributed by atoms with Gasteiger partial charge in [-0.05, 0) is 55.7 Å². The first-order chi connectivity index (χ1) is 17.4. The molecule has 0 aliphatic carbocycles. The monoisotopic (exact) mass is 527 g/mol. The maximum Gasteiger partial charge on any atom is 0.262 e. The lowest BCUT2D eigenvalue weighted by Crippen LogP contribution is -2.62. The quantitative estimate of drug-likeness (QED) is 0.570. The van der Waals surface area contributed by atoms with Crippen molar-refractivity contribution in [3.8, 4) is 6.19 Å². The number of hydrogen-bond acceptors (Lipinski definition) is 7. The van der Waals surface area contributed by atoms with Crippen molar-refractivity contribution in [2.24, 2.45) is 4.99 Å². The maximum absolute atomic E-state index is 13.7. The van der Waals surface area contributed by atoms with Crippen molar-refractivity contribution >= 4 is 52.0 Å². The highest BCUT2D eigenvalue weighted by atomic mass is 35.5. The fourth-order valence-corrected chi connectivity index (χ4v) is 6.17. The molecule has 188 valence electrons. The molecule has 2 bridgehead atoms. The first kappa shape index (κ1) is 24.7. The highest BCUT2D eigenvalue weighted by Crippen LogP contribution is 2.43. The van der Waals surface area contributed by atoms with Gasteiger partial charge in [0.05, 0.1) is 34.6 Å². The summed E-state index contributed by atoms with van der Waals surface area (Å²) in [6.45, 7) is 3.57. The van der Waals surface area contributed by atoms with Crippen LogP contribution in [-0.4, -0.2) is 55.2 Å². The van der Waals surface area contributed by atoms with Gasteiger partial charge in [0.2, 0.25) is 6.19 Å². The molecule has 3 saturated heterocycles. The van der Waals surface area contributed by atoms with Gasteiger partial charge in [0.1, 0.15) is 11.4 Å². The summed E-state index contributed by atoms with van der Waals surface area (Å²) in [7, 11) is 0. The number of rotatable bonds is 5. The normalized spacial score (nSPS) is 26.5. The summed E-state index contributed by atoms with van der Waals surface area (Å²) in [5.74, 6) is 0.0227. The molecule has 2 amide bonds. The topological polar surface area (TPSA) is 116 Å². The molecule has 3 atom stereocenters. The lowest BCUT2D eigenvalue weighted by atomic mass is 9.80. The molecular formula is C25H26ClN5O4S. The van der Waals surface area contributed by atoms with Crippen molar-refractivity contribution in [2.45, 2.75) is 50.4 Å². The van der Waals surface area contributed by atoms with Gasteiger partial charge in [-0.3, -0.25) is 9.59 Å². The van der Waals surface area contributed by atoms with Crippen molar-refractivity contribution in [1.82, 2.24) is 5.32 Å². The lowest BCUT2D eigenvalue weighted by Gasteiger charge is -2.34. The molecule has 2 N–H and O–H groups in total. The molecule has 4 heterocycles. The van der Waals surface area contributed by atoms with E-state index in [1.807, 2.05) is 36.2 Å². The van der Waals surface area contributed by atoms with Crippen LogP contribution in [0.2, 0.25) is 4.34 Å². The summed E-state index contributed by atoms with van der Waals surface area (Å²) in [4.78, 5) is 33.1. The van der Waals surface area contributed by atoms with Crippen LogP contribution in [0.1, 0.15) is 40.9 Å². The second-order valence-electron chi connectivity index (χ2n) is 9.15. The third-order valence-corrected chi connectivity index (χ3v) is 8.14. The summed E-state index contributed by atoms with van der Waals surface area (Å²) in [6, 6.07) is 8.92. The first-order valence-electron chi connectivity index (χ1n) is 11.9. The minimum Gasteiger partial charge on any atom is -0.379 e. The number of aliphatic imine (C=N–C) groups is 1. The van der Waals surface area contributed by atoms with Crippen LogP contribution >= 0.6 is 22.9 Å². The largest absolute Gasteiger partial charge is 0.379 e. The number of halogens is 1. The van der Waals surface area contributed by atoms with Gasteiger partial charge in [-0.15, -0.1) is 11.3 Å². The average molecular weight is 528 g/mol. The van der Waals surface area contributed by atoms with Crippen LogP contribution in [0, 0.1) is 18.4 Å². The van der Waals surface area contributed by atoms with Crippen LogP contribution in [-0.2, 0) is 14.3 Å². The van der Waals surface area contributed by atoms with Gasteiger partial charge in [0, 0.05) is 30.8 Å². The summed E-state index contributed by atoms with van der Waals surface area (Å²) in [6.07, 6.45) is 3.99. The molecule has 9 nitrogen and oxygen atoms in total. The molecule has 0 radical (unpaired) electrons. The van der Waals surface area contributed by atoms with Gasteiger partial charge < -0.3 is 25.0 Å². The summed E-state index contributed by atoms with van der Waals surface area (Å²) >= 11 is 7.18. The smallest absolute Gasteiger partial charge is 0.262 e. The molecule has 5 rings (SSSR count). The highest BCUT2D eigenvalue weighted by Gasteiger charge is 2.58. The van der Waals surface area contributed by atoms with E-state index < -0.39 is 5.54 Å². The Balaban J connectivity index is 1.37. The van der Waals surface area contributed by atoms with Crippen LogP contribution in [0.4, 0.5) is 11.4 Å². The predicted octanol–water partition coefficient (Wildman–Crippen LogP) is 3.87. The molecule has 0 saturated carbocycles. The number of ether oxygens (including phenoxy) is 2. The third kappa shape index (κ3) is 4.72. The van der Waals surface area contributed by atoms with Crippen molar-refractivity contribution < 1.29 is 19.1 Å². The molecule has 2 aromatic rings. The van der Waals surface area contributed by atoms with E-state index in [1.165, 1.54) is 11.3 Å². The predicted molar refractivity (Wildman–Crippen MR) is 138 cm³/mol. The van der Waals surface area contributed by atoms with Crippen molar-refractivity contribution in [3.05, 3.63) is 45.1 Å². The molecule has 0 spiro atoms. The van der Waals surface area contributed by atoms with E-state index in [2.05, 4.69) is 15.6 Å². The Labute approximate surface area is 218 Å². The van der Waals surface area contributed by atoms with Crippen LogP contribution in [0.5, 0.6) is 0 Å². The number of nitrogens with one attached hydrogen (secondary N) is 2. The van der Waals surface area contributed by atoms with E-state index in [4.69, 9.17) is 26.3 Å². The molecule has 36 heavy (non-hydrogen) atoms. The number of carbonyl (C=O) groups is 2. The molecule has 3 fully saturated rings. The fraction of sp³-hybridized carbons (Fsp3) is 0.440. The number of carbonyl (C=O) groups excluding carboxylic acids is 2. The molecule has 1 aromatic heterocycles. The van der Waals surface area contributed by atoms with Crippen molar-refractivity contribution in [1.29, 1.82) is 5.26 Å². The molecule has 3 aliphatic heterocycles. The Morgan fingerprint density at radius 3 is 2.81 bits per heavy atom. The van der Waals surface area contributed by atoms with E-state index in [-0.39, 0.29) is 24.0 Å². The molecule has 3 unspecified atom stereocenters. The Morgan fingerprint density at radius 2 is 2.14 bits per heavy atom. The van der Waals surface area contributed by atoms with Gasteiger partial charge in [-0.1, -0.05) is 11.6 Å². The minimum atomic E-state index is -1.15. The number of fused-ring (bicyclic) bond motifs is 2. The Bertz CT molecular complexity index is 1260. The molecule has 1 aromatic carbocycles. The number of nitrogens with zero attached hydrogens (tertiary/aromatic N) is 3. The van der Waals surface area contributed by atoms with E-state index in [0.717, 1.165) is 17.7 Å². The maximum atomic E-state index is 13.7. The molecular weight excluding hydrogens is 502 g/mol. The summed E-state index contributed by atoms with van der Waals surface area (Å²) in [5.41, 5.74) is 1.27. The number of amidine groups is 1. The van der Waals surface area contributed by atoms with Crippen LogP contribution < -0.4 is 15.5 Å². The number of anilines is 2.